The van der Waals surface area contributed by atoms with Gasteiger partial charge in [-0.15, -0.1) is 0 Å². The van der Waals surface area contributed by atoms with E-state index in [9.17, 15) is 10.1 Å². The van der Waals surface area contributed by atoms with Crippen molar-refractivity contribution in [3.63, 3.8) is 0 Å². The van der Waals surface area contributed by atoms with Crippen molar-refractivity contribution in [2.45, 2.75) is 40.2 Å². The summed E-state index contributed by atoms with van der Waals surface area (Å²) in [5, 5.41) is 14.3. The van der Waals surface area contributed by atoms with Gasteiger partial charge in [-0.2, -0.15) is 0 Å². The first kappa shape index (κ1) is 15.0. The molecule has 1 aromatic rings. The zero-order valence-electron chi connectivity index (χ0n) is 11.2. The van der Waals surface area contributed by atoms with E-state index in [1.165, 1.54) is 0 Å². The molecule has 0 radical (unpaired) electrons. The van der Waals surface area contributed by atoms with Crippen LogP contribution < -0.4 is 5.32 Å². The largest absolute Gasteiger partial charge is 0.381 e. The molecule has 0 bridgehead atoms. The van der Waals surface area contributed by atoms with Gasteiger partial charge in [0.25, 0.3) is 5.69 Å². The second-order valence-corrected chi connectivity index (χ2v) is 5.63. The molecule has 1 atom stereocenters. The van der Waals surface area contributed by atoms with Crippen molar-refractivity contribution in [3.8, 4) is 0 Å². The van der Waals surface area contributed by atoms with Crippen LogP contribution in [0, 0.1) is 23.0 Å². The topological polar surface area (TPSA) is 55.2 Å². The molecular weight excluding hydrogens is 296 g/mol. The van der Waals surface area contributed by atoms with E-state index >= 15 is 0 Å². The summed E-state index contributed by atoms with van der Waals surface area (Å²) in [4.78, 5) is 10.5. The van der Waals surface area contributed by atoms with Crippen LogP contribution in [0.15, 0.2) is 16.6 Å². The van der Waals surface area contributed by atoms with E-state index in [-0.39, 0.29) is 10.6 Å². The number of nitro benzene ring substituents is 1. The van der Waals surface area contributed by atoms with E-state index in [1.807, 2.05) is 6.07 Å². The van der Waals surface area contributed by atoms with E-state index in [2.05, 4.69) is 42.0 Å². The third-order valence-corrected chi connectivity index (χ3v) is 3.72. The lowest BCUT2D eigenvalue weighted by Gasteiger charge is -2.23. The average Bonchev–Trinajstić information content (AvgIpc) is 2.28. The molecule has 0 aliphatic heterocycles. The fraction of sp³-hybridized carbons (Fsp3) is 0.538. The number of nitro groups is 1. The molecule has 100 valence electrons. The molecule has 0 heterocycles. The minimum Gasteiger partial charge on any atom is -0.381 e. The molecule has 0 aliphatic carbocycles. The van der Waals surface area contributed by atoms with Gasteiger partial charge in [-0.05, 0) is 41.3 Å². The van der Waals surface area contributed by atoms with Gasteiger partial charge in [0.15, 0.2) is 0 Å². The molecule has 1 aromatic carbocycles. The standard InChI is InChI=1S/C13H19BrN2O2/c1-5-11(8(2)3)15-12-6-9(4)13(16(17)18)7-10(12)14/h6-8,11,15H,5H2,1-4H3. The lowest BCUT2D eigenvalue weighted by molar-refractivity contribution is -0.385. The van der Waals surface area contributed by atoms with Crippen LogP contribution in [0.3, 0.4) is 0 Å². The van der Waals surface area contributed by atoms with Gasteiger partial charge in [0, 0.05) is 27.8 Å². The van der Waals surface area contributed by atoms with Crippen LogP contribution in [-0.4, -0.2) is 11.0 Å². The number of halogens is 1. The Morgan fingerprint density at radius 3 is 2.50 bits per heavy atom. The van der Waals surface area contributed by atoms with Gasteiger partial charge in [-0.3, -0.25) is 10.1 Å². The van der Waals surface area contributed by atoms with Crippen LogP contribution in [0.5, 0.6) is 0 Å². The molecule has 0 amide bonds. The summed E-state index contributed by atoms with van der Waals surface area (Å²) in [6.07, 6.45) is 1.01. The highest BCUT2D eigenvalue weighted by Gasteiger charge is 2.17. The minimum absolute atomic E-state index is 0.144. The van der Waals surface area contributed by atoms with Gasteiger partial charge in [0.1, 0.15) is 0 Å². The second-order valence-electron chi connectivity index (χ2n) is 4.78. The van der Waals surface area contributed by atoms with Crippen LogP contribution in [0.1, 0.15) is 32.8 Å². The normalized spacial score (nSPS) is 12.6. The maximum atomic E-state index is 10.8. The number of anilines is 1. The number of hydrogen-bond donors (Lipinski definition) is 1. The predicted molar refractivity (Wildman–Crippen MR) is 78.1 cm³/mol. The summed E-state index contributed by atoms with van der Waals surface area (Å²) >= 11 is 3.39. The van der Waals surface area contributed by atoms with Gasteiger partial charge in [0.05, 0.1) is 4.92 Å². The fourth-order valence-corrected chi connectivity index (χ4v) is 2.36. The first-order chi connectivity index (χ1) is 8.36. The Bertz CT molecular complexity index is 447. The van der Waals surface area contributed by atoms with Crippen molar-refractivity contribution < 1.29 is 4.92 Å². The highest BCUT2D eigenvalue weighted by molar-refractivity contribution is 9.10. The summed E-state index contributed by atoms with van der Waals surface area (Å²) in [5.41, 5.74) is 1.73. The molecule has 0 aromatic heterocycles. The third-order valence-electron chi connectivity index (χ3n) is 3.07. The Morgan fingerprint density at radius 2 is 2.06 bits per heavy atom. The first-order valence-corrected chi connectivity index (χ1v) is 6.87. The molecule has 18 heavy (non-hydrogen) atoms. The number of aryl methyl sites for hydroxylation is 1. The summed E-state index contributed by atoms with van der Waals surface area (Å²) in [6.45, 7) is 8.20. The Kier molecular flexibility index (Phi) is 5.14. The third kappa shape index (κ3) is 3.45. The maximum Gasteiger partial charge on any atom is 0.273 e. The second kappa shape index (κ2) is 6.18. The number of nitrogens with zero attached hydrogens (tertiary/aromatic N) is 1. The monoisotopic (exact) mass is 314 g/mol. The summed E-state index contributed by atoms with van der Waals surface area (Å²) in [5.74, 6) is 0.511. The SMILES string of the molecule is CCC(Nc1cc(C)c([N+](=O)[O-])cc1Br)C(C)C. The van der Waals surface area contributed by atoms with Gasteiger partial charge in [0.2, 0.25) is 0 Å². The van der Waals surface area contributed by atoms with Crippen molar-refractivity contribution in [1.82, 2.24) is 0 Å². The number of hydrogen-bond acceptors (Lipinski definition) is 3. The van der Waals surface area contributed by atoms with Gasteiger partial charge in [-0.25, -0.2) is 0 Å². The molecule has 5 heteroatoms. The molecule has 0 saturated carbocycles. The van der Waals surface area contributed by atoms with Crippen molar-refractivity contribution >= 4 is 27.3 Å². The molecule has 0 fully saturated rings. The summed E-state index contributed by atoms with van der Waals surface area (Å²) in [6, 6.07) is 3.75. The Morgan fingerprint density at radius 1 is 1.44 bits per heavy atom. The van der Waals surface area contributed by atoms with Crippen LogP contribution in [-0.2, 0) is 0 Å². The Labute approximate surface area is 116 Å². The molecule has 1 rings (SSSR count). The zero-order valence-corrected chi connectivity index (χ0v) is 12.7. The molecular formula is C13H19BrN2O2. The number of benzene rings is 1. The van der Waals surface area contributed by atoms with Crippen LogP contribution in [0.25, 0.3) is 0 Å². The molecule has 0 aliphatic rings. The van der Waals surface area contributed by atoms with Gasteiger partial charge >= 0.3 is 0 Å². The molecule has 1 unspecified atom stereocenters. The Hall–Kier alpha value is -1.10. The van der Waals surface area contributed by atoms with Crippen molar-refractivity contribution in [1.29, 1.82) is 0 Å². The smallest absolute Gasteiger partial charge is 0.273 e. The average molecular weight is 315 g/mol. The summed E-state index contributed by atoms with van der Waals surface area (Å²) in [7, 11) is 0. The highest BCUT2D eigenvalue weighted by atomic mass is 79.9. The minimum atomic E-state index is -0.358. The van der Waals surface area contributed by atoms with E-state index in [0.29, 0.717) is 17.5 Å². The Balaban J connectivity index is 3.04. The van der Waals surface area contributed by atoms with E-state index < -0.39 is 0 Å². The van der Waals surface area contributed by atoms with Crippen LogP contribution in [0.2, 0.25) is 0 Å². The molecule has 0 spiro atoms. The van der Waals surface area contributed by atoms with E-state index in [1.54, 1.807) is 13.0 Å². The number of rotatable bonds is 5. The molecule has 0 saturated heterocycles. The predicted octanol–water partition coefficient (Wildman–Crippen LogP) is 4.51. The van der Waals surface area contributed by atoms with Gasteiger partial charge < -0.3 is 5.32 Å². The lowest BCUT2D eigenvalue weighted by Crippen LogP contribution is -2.24. The highest BCUT2D eigenvalue weighted by Crippen LogP contribution is 2.31. The lowest BCUT2D eigenvalue weighted by atomic mass is 10.0. The fourth-order valence-electron chi connectivity index (χ4n) is 1.92. The summed E-state index contributed by atoms with van der Waals surface area (Å²) < 4.78 is 0.735. The van der Waals surface area contributed by atoms with Crippen LogP contribution >= 0.6 is 15.9 Å². The van der Waals surface area contributed by atoms with Crippen molar-refractivity contribution in [3.05, 3.63) is 32.3 Å². The number of nitrogens with one attached hydrogen (secondary N) is 1. The van der Waals surface area contributed by atoms with Crippen molar-refractivity contribution in [2.75, 3.05) is 5.32 Å². The maximum absolute atomic E-state index is 10.8. The van der Waals surface area contributed by atoms with Crippen molar-refractivity contribution in [2.24, 2.45) is 5.92 Å². The molecule has 4 nitrogen and oxygen atoms in total. The quantitative estimate of drug-likeness (QED) is 0.642. The van der Waals surface area contributed by atoms with Gasteiger partial charge in [-0.1, -0.05) is 20.8 Å². The first-order valence-electron chi connectivity index (χ1n) is 6.07. The zero-order chi connectivity index (χ0) is 13.9. The van der Waals surface area contributed by atoms with E-state index in [4.69, 9.17) is 0 Å². The molecule has 1 N–H and O–H groups in total. The van der Waals surface area contributed by atoms with Crippen LogP contribution in [0.4, 0.5) is 11.4 Å². The van der Waals surface area contributed by atoms with E-state index in [0.717, 1.165) is 16.6 Å².